The zero-order chi connectivity index (χ0) is 14.7. The van der Waals surface area contributed by atoms with Gasteiger partial charge in [-0.25, -0.2) is 24.7 Å². The number of benzene rings is 1. The lowest BCUT2D eigenvalue weighted by molar-refractivity contribution is 0.0697. The van der Waals surface area contributed by atoms with Crippen LogP contribution in [0.2, 0.25) is 0 Å². The molecule has 0 saturated carbocycles. The number of carbonyl (C=O) groups is 1. The first-order valence-electron chi connectivity index (χ1n) is 6.16. The Morgan fingerprint density at radius 1 is 0.857 bits per heavy atom. The Labute approximate surface area is 120 Å². The highest BCUT2D eigenvalue weighted by molar-refractivity contribution is 5.92. The number of carboxylic acids is 1. The SMILES string of the molecule is O=C(O)c1ccc(-c2ccncn2)c(-c2ccncn2)c1. The molecule has 6 heteroatoms. The number of hydrogen-bond donors (Lipinski definition) is 1. The van der Waals surface area contributed by atoms with E-state index in [1.54, 1.807) is 42.7 Å². The molecule has 0 atom stereocenters. The third-order valence-electron chi connectivity index (χ3n) is 2.98. The van der Waals surface area contributed by atoms with Crippen molar-refractivity contribution in [2.45, 2.75) is 0 Å². The van der Waals surface area contributed by atoms with Gasteiger partial charge in [0.2, 0.25) is 0 Å². The molecule has 6 nitrogen and oxygen atoms in total. The normalized spacial score (nSPS) is 10.3. The molecule has 21 heavy (non-hydrogen) atoms. The summed E-state index contributed by atoms with van der Waals surface area (Å²) >= 11 is 0. The second-order valence-corrected chi connectivity index (χ2v) is 4.25. The van der Waals surface area contributed by atoms with E-state index in [1.165, 1.54) is 12.7 Å². The van der Waals surface area contributed by atoms with Gasteiger partial charge in [-0.3, -0.25) is 0 Å². The fourth-order valence-electron chi connectivity index (χ4n) is 2.01. The number of carboxylic acid groups (broad SMARTS) is 1. The van der Waals surface area contributed by atoms with E-state index in [1.807, 2.05) is 0 Å². The quantitative estimate of drug-likeness (QED) is 0.790. The van der Waals surface area contributed by atoms with Crippen LogP contribution in [0.5, 0.6) is 0 Å². The molecule has 102 valence electrons. The second kappa shape index (κ2) is 5.46. The lowest BCUT2D eigenvalue weighted by Gasteiger charge is -2.09. The van der Waals surface area contributed by atoms with Crippen LogP contribution >= 0.6 is 0 Å². The minimum absolute atomic E-state index is 0.196. The summed E-state index contributed by atoms with van der Waals surface area (Å²) in [5, 5.41) is 9.16. The molecule has 0 aliphatic heterocycles. The smallest absolute Gasteiger partial charge is 0.335 e. The maximum absolute atomic E-state index is 11.2. The van der Waals surface area contributed by atoms with Crippen LogP contribution < -0.4 is 0 Å². The van der Waals surface area contributed by atoms with Gasteiger partial charge in [-0.1, -0.05) is 6.07 Å². The van der Waals surface area contributed by atoms with E-state index in [0.29, 0.717) is 17.0 Å². The minimum Gasteiger partial charge on any atom is -0.478 e. The Morgan fingerprint density at radius 2 is 1.48 bits per heavy atom. The molecule has 0 aliphatic carbocycles. The second-order valence-electron chi connectivity index (χ2n) is 4.25. The monoisotopic (exact) mass is 278 g/mol. The van der Waals surface area contributed by atoms with E-state index >= 15 is 0 Å². The van der Waals surface area contributed by atoms with Crippen LogP contribution in [0.25, 0.3) is 22.5 Å². The largest absolute Gasteiger partial charge is 0.478 e. The van der Waals surface area contributed by atoms with Gasteiger partial charge in [0.1, 0.15) is 12.7 Å². The van der Waals surface area contributed by atoms with E-state index in [-0.39, 0.29) is 5.56 Å². The zero-order valence-electron chi connectivity index (χ0n) is 10.8. The van der Waals surface area contributed by atoms with Gasteiger partial charge in [0, 0.05) is 23.5 Å². The Kier molecular flexibility index (Phi) is 3.34. The molecule has 0 radical (unpaired) electrons. The van der Waals surface area contributed by atoms with Crippen LogP contribution in [-0.2, 0) is 0 Å². The molecule has 0 amide bonds. The minimum atomic E-state index is -0.987. The van der Waals surface area contributed by atoms with Crippen molar-refractivity contribution in [3.05, 3.63) is 60.9 Å². The molecule has 0 unspecified atom stereocenters. The van der Waals surface area contributed by atoms with E-state index in [4.69, 9.17) is 5.11 Å². The third kappa shape index (κ3) is 2.59. The zero-order valence-corrected chi connectivity index (χ0v) is 10.8. The van der Waals surface area contributed by atoms with Gasteiger partial charge in [0.05, 0.1) is 17.0 Å². The summed E-state index contributed by atoms with van der Waals surface area (Å²) in [5.74, 6) is -0.987. The number of hydrogen-bond acceptors (Lipinski definition) is 5. The van der Waals surface area contributed by atoms with Crippen molar-refractivity contribution >= 4 is 5.97 Å². The number of nitrogens with zero attached hydrogens (tertiary/aromatic N) is 4. The Morgan fingerprint density at radius 3 is 2.00 bits per heavy atom. The highest BCUT2D eigenvalue weighted by atomic mass is 16.4. The standard InChI is InChI=1S/C15H10N4O2/c20-15(21)10-1-2-11(13-3-5-16-8-18-13)12(7-10)14-4-6-17-9-19-14/h1-9H,(H,20,21). The highest BCUT2D eigenvalue weighted by Gasteiger charge is 2.13. The number of aromatic carboxylic acids is 1. The fourth-order valence-corrected chi connectivity index (χ4v) is 2.01. The van der Waals surface area contributed by atoms with Crippen molar-refractivity contribution in [3.63, 3.8) is 0 Å². The van der Waals surface area contributed by atoms with Gasteiger partial charge in [0.15, 0.2) is 0 Å². The van der Waals surface area contributed by atoms with Crippen molar-refractivity contribution in [1.82, 2.24) is 19.9 Å². The Hall–Kier alpha value is -3.15. The lowest BCUT2D eigenvalue weighted by atomic mass is 9.98. The van der Waals surface area contributed by atoms with Crippen molar-refractivity contribution in [3.8, 4) is 22.5 Å². The van der Waals surface area contributed by atoms with Crippen molar-refractivity contribution < 1.29 is 9.90 Å². The highest BCUT2D eigenvalue weighted by Crippen LogP contribution is 2.30. The summed E-state index contributed by atoms with van der Waals surface area (Å²) in [7, 11) is 0. The summed E-state index contributed by atoms with van der Waals surface area (Å²) in [5.41, 5.74) is 3.02. The average Bonchev–Trinajstić information content (AvgIpc) is 2.56. The molecule has 0 bridgehead atoms. The third-order valence-corrected chi connectivity index (χ3v) is 2.98. The van der Waals surface area contributed by atoms with Crippen molar-refractivity contribution in [2.75, 3.05) is 0 Å². The molecule has 2 aromatic heterocycles. The summed E-state index contributed by atoms with van der Waals surface area (Å²) < 4.78 is 0. The van der Waals surface area contributed by atoms with E-state index in [0.717, 1.165) is 5.56 Å². The first-order chi connectivity index (χ1) is 10.3. The van der Waals surface area contributed by atoms with Crippen LogP contribution in [0, 0.1) is 0 Å². The summed E-state index contributed by atoms with van der Waals surface area (Å²) in [6.07, 6.45) is 6.12. The molecular formula is C15H10N4O2. The van der Waals surface area contributed by atoms with Gasteiger partial charge >= 0.3 is 5.97 Å². The molecule has 2 heterocycles. The van der Waals surface area contributed by atoms with Gasteiger partial charge in [-0.15, -0.1) is 0 Å². The Bertz CT molecular complexity index is 776. The molecule has 0 saturated heterocycles. The molecule has 3 aromatic rings. The number of aromatic nitrogens is 4. The first-order valence-corrected chi connectivity index (χ1v) is 6.16. The van der Waals surface area contributed by atoms with Crippen LogP contribution in [0.4, 0.5) is 0 Å². The number of rotatable bonds is 3. The van der Waals surface area contributed by atoms with Gasteiger partial charge in [-0.05, 0) is 24.3 Å². The van der Waals surface area contributed by atoms with Gasteiger partial charge in [0.25, 0.3) is 0 Å². The van der Waals surface area contributed by atoms with Crippen LogP contribution in [0.15, 0.2) is 55.4 Å². The van der Waals surface area contributed by atoms with E-state index < -0.39 is 5.97 Å². The molecular weight excluding hydrogens is 268 g/mol. The van der Waals surface area contributed by atoms with Gasteiger partial charge < -0.3 is 5.11 Å². The van der Waals surface area contributed by atoms with E-state index in [2.05, 4.69) is 19.9 Å². The predicted molar refractivity (Wildman–Crippen MR) is 75.5 cm³/mol. The topological polar surface area (TPSA) is 88.9 Å². The molecule has 1 N–H and O–H groups in total. The predicted octanol–water partition coefficient (Wildman–Crippen LogP) is 2.30. The van der Waals surface area contributed by atoms with Crippen LogP contribution in [0.1, 0.15) is 10.4 Å². The lowest BCUT2D eigenvalue weighted by Crippen LogP contribution is -1.99. The maximum Gasteiger partial charge on any atom is 0.335 e. The molecule has 0 spiro atoms. The molecule has 3 rings (SSSR count). The molecule has 0 aliphatic rings. The first kappa shape index (κ1) is 12.9. The maximum atomic E-state index is 11.2. The van der Waals surface area contributed by atoms with Crippen LogP contribution in [-0.4, -0.2) is 31.0 Å². The fraction of sp³-hybridized carbons (Fsp3) is 0. The van der Waals surface area contributed by atoms with E-state index in [9.17, 15) is 4.79 Å². The summed E-state index contributed by atoms with van der Waals surface area (Å²) in [6.45, 7) is 0. The molecule has 1 aromatic carbocycles. The Balaban J connectivity index is 2.23. The molecule has 0 fully saturated rings. The van der Waals surface area contributed by atoms with Crippen molar-refractivity contribution in [2.24, 2.45) is 0 Å². The average molecular weight is 278 g/mol. The van der Waals surface area contributed by atoms with Gasteiger partial charge in [-0.2, -0.15) is 0 Å². The summed E-state index contributed by atoms with van der Waals surface area (Å²) in [4.78, 5) is 27.3. The van der Waals surface area contributed by atoms with Crippen molar-refractivity contribution in [1.29, 1.82) is 0 Å². The van der Waals surface area contributed by atoms with Crippen LogP contribution in [0.3, 0.4) is 0 Å². The summed E-state index contributed by atoms with van der Waals surface area (Å²) in [6, 6.07) is 8.35.